The number of aliphatic hydroxyl groups excluding tert-OH is 1. The number of hydrogen-bond donors (Lipinski definition) is 2. The van der Waals surface area contributed by atoms with Crippen molar-refractivity contribution < 1.29 is 5.11 Å². The molecule has 0 heterocycles. The van der Waals surface area contributed by atoms with E-state index in [2.05, 4.69) is 13.8 Å². The van der Waals surface area contributed by atoms with Gasteiger partial charge in [0, 0.05) is 17.9 Å². The lowest BCUT2D eigenvalue weighted by molar-refractivity contribution is 0.250. The minimum absolute atomic E-state index is 0.299. The van der Waals surface area contributed by atoms with Gasteiger partial charge in [-0.05, 0) is 36.9 Å². The Balaban J connectivity index is 2.31. The molecule has 0 aliphatic heterocycles. The summed E-state index contributed by atoms with van der Waals surface area (Å²) in [5.74, 6) is 2.35. The second-order valence-electron chi connectivity index (χ2n) is 5.29. The molecule has 96 valence electrons. The molecule has 1 fully saturated rings. The Labute approximate surface area is 104 Å². The summed E-state index contributed by atoms with van der Waals surface area (Å²) >= 11 is 1.98. The SMILES string of the molecule is CCCC1CCC(N)C(SCC(C)CO)C1. The Bertz CT molecular complexity index is 189. The normalized spacial score (nSPS) is 32.6. The Morgan fingerprint density at radius 1 is 1.44 bits per heavy atom. The van der Waals surface area contributed by atoms with Gasteiger partial charge < -0.3 is 10.8 Å². The van der Waals surface area contributed by atoms with Gasteiger partial charge in [0.05, 0.1) is 0 Å². The van der Waals surface area contributed by atoms with Crippen molar-refractivity contribution in [3.05, 3.63) is 0 Å². The van der Waals surface area contributed by atoms with E-state index in [-0.39, 0.29) is 0 Å². The average molecular weight is 245 g/mol. The fourth-order valence-electron chi connectivity index (χ4n) is 2.44. The molecule has 1 aliphatic rings. The Kier molecular flexibility index (Phi) is 6.78. The van der Waals surface area contributed by atoms with E-state index in [0.717, 1.165) is 11.7 Å². The number of aliphatic hydroxyl groups is 1. The van der Waals surface area contributed by atoms with E-state index in [9.17, 15) is 0 Å². The van der Waals surface area contributed by atoms with Crippen LogP contribution in [0, 0.1) is 11.8 Å². The number of nitrogens with two attached hydrogens (primary N) is 1. The van der Waals surface area contributed by atoms with Crippen LogP contribution in [0.25, 0.3) is 0 Å². The minimum Gasteiger partial charge on any atom is -0.396 e. The molecule has 1 rings (SSSR count). The zero-order valence-electron chi connectivity index (χ0n) is 10.7. The van der Waals surface area contributed by atoms with E-state index in [4.69, 9.17) is 10.8 Å². The summed E-state index contributed by atoms with van der Waals surface area (Å²) in [6.45, 7) is 4.67. The summed E-state index contributed by atoms with van der Waals surface area (Å²) in [7, 11) is 0. The van der Waals surface area contributed by atoms with Crippen LogP contribution in [-0.2, 0) is 0 Å². The lowest BCUT2D eigenvalue weighted by atomic mass is 9.83. The molecule has 1 saturated carbocycles. The summed E-state index contributed by atoms with van der Waals surface area (Å²) in [5, 5.41) is 9.65. The van der Waals surface area contributed by atoms with Crippen molar-refractivity contribution in [2.45, 2.75) is 57.2 Å². The van der Waals surface area contributed by atoms with Crippen molar-refractivity contribution in [2.75, 3.05) is 12.4 Å². The second kappa shape index (κ2) is 7.57. The van der Waals surface area contributed by atoms with Gasteiger partial charge in [-0.25, -0.2) is 0 Å². The first-order valence-electron chi connectivity index (χ1n) is 6.65. The number of thioether (sulfide) groups is 1. The van der Waals surface area contributed by atoms with Gasteiger partial charge in [0.25, 0.3) is 0 Å². The predicted molar refractivity (Wildman–Crippen MR) is 72.7 cm³/mol. The minimum atomic E-state index is 0.299. The van der Waals surface area contributed by atoms with E-state index in [1.54, 1.807) is 0 Å². The summed E-state index contributed by atoms with van der Waals surface area (Å²) in [6, 6.07) is 0.379. The standard InChI is InChI=1S/C13H27NOS/c1-3-4-11-5-6-12(14)13(7-11)16-9-10(2)8-15/h10-13,15H,3-9,14H2,1-2H3. The molecule has 3 heteroatoms. The van der Waals surface area contributed by atoms with Crippen LogP contribution in [0.15, 0.2) is 0 Å². The maximum Gasteiger partial charge on any atom is 0.0464 e. The van der Waals surface area contributed by atoms with Crippen molar-refractivity contribution in [3.8, 4) is 0 Å². The molecule has 2 nitrogen and oxygen atoms in total. The van der Waals surface area contributed by atoms with Gasteiger partial charge in [0.1, 0.15) is 0 Å². The fraction of sp³-hybridized carbons (Fsp3) is 1.00. The van der Waals surface area contributed by atoms with Crippen LogP contribution in [0.2, 0.25) is 0 Å². The van der Waals surface area contributed by atoms with E-state index >= 15 is 0 Å². The third-order valence-corrected chi connectivity index (χ3v) is 5.29. The molecule has 0 saturated heterocycles. The van der Waals surface area contributed by atoms with Crippen LogP contribution >= 0.6 is 11.8 Å². The van der Waals surface area contributed by atoms with Gasteiger partial charge in [-0.1, -0.05) is 26.7 Å². The lowest BCUT2D eigenvalue weighted by Gasteiger charge is -2.34. The molecule has 1 aliphatic carbocycles. The van der Waals surface area contributed by atoms with Crippen LogP contribution in [0.4, 0.5) is 0 Å². The molecule has 0 aromatic rings. The largest absolute Gasteiger partial charge is 0.396 e. The van der Waals surface area contributed by atoms with Crippen molar-refractivity contribution in [2.24, 2.45) is 17.6 Å². The molecule has 0 spiro atoms. The van der Waals surface area contributed by atoms with Crippen molar-refractivity contribution in [3.63, 3.8) is 0 Å². The Morgan fingerprint density at radius 3 is 2.81 bits per heavy atom. The van der Waals surface area contributed by atoms with E-state index in [0.29, 0.717) is 23.8 Å². The molecular weight excluding hydrogens is 218 g/mol. The van der Waals surface area contributed by atoms with Gasteiger partial charge >= 0.3 is 0 Å². The zero-order chi connectivity index (χ0) is 12.0. The fourth-order valence-corrected chi connectivity index (χ4v) is 3.91. The highest BCUT2D eigenvalue weighted by Crippen LogP contribution is 2.34. The number of rotatable bonds is 6. The molecule has 0 bridgehead atoms. The van der Waals surface area contributed by atoms with E-state index < -0.39 is 0 Å². The third kappa shape index (κ3) is 4.64. The van der Waals surface area contributed by atoms with E-state index in [1.165, 1.54) is 32.1 Å². The molecule has 0 aromatic heterocycles. The average Bonchev–Trinajstić information content (AvgIpc) is 2.29. The first-order chi connectivity index (χ1) is 7.67. The van der Waals surface area contributed by atoms with Crippen LogP contribution < -0.4 is 5.73 Å². The summed E-state index contributed by atoms with van der Waals surface area (Å²) in [4.78, 5) is 0. The quantitative estimate of drug-likeness (QED) is 0.756. The lowest BCUT2D eigenvalue weighted by Crippen LogP contribution is -2.38. The summed E-state index contributed by atoms with van der Waals surface area (Å²) in [6.07, 6.45) is 6.46. The van der Waals surface area contributed by atoms with Gasteiger partial charge in [-0.2, -0.15) is 11.8 Å². The first-order valence-corrected chi connectivity index (χ1v) is 7.70. The molecule has 0 aromatic carbocycles. The highest BCUT2D eigenvalue weighted by molar-refractivity contribution is 7.99. The second-order valence-corrected chi connectivity index (χ2v) is 6.56. The van der Waals surface area contributed by atoms with Gasteiger partial charge in [0.15, 0.2) is 0 Å². The van der Waals surface area contributed by atoms with Crippen LogP contribution in [-0.4, -0.2) is 28.8 Å². The predicted octanol–water partition coefficient (Wildman–Crippen LogP) is 2.64. The summed E-state index contributed by atoms with van der Waals surface area (Å²) in [5.41, 5.74) is 6.18. The molecular formula is C13H27NOS. The molecule has 3 N–H and O–H groups in total. The topological polar surface area (TPSA) is 46.2 Å². The molecule has 0 amide bonds. The first kappa shape index (κ1) is 14.3. The maximum atomic E-state index is 9.02. The van der Waals surface area contributed by atoms with Crippen LogP contribution in [0.5, 0.6) is 0 Å². The van der Waals surface area contributed by atoms with Gasteiger partial charge in [-0.15, -0.1) is 0 Å². The summed E-state index contributed by atoms with van der Waals surface area (Å²) < 4.78 is 0. The molecule has 4 atom stereocenters. The third-order valence-electron chi connectivity index (χ3n) is 3.55. The zero-order valence-corrected chi connectivity index (χ0v) is 11.5. The highest BCUT2D eigenvalue weighted by Gasteiger charge is 2.28. The van der Waals surface area contributed by atoms with Crippen molar-refractivity contribution in [1.82, 2.24) is 0 Å². The van der Waals surface area contributed by atoms with Crippen LogP contribution in [0.1, 0.15) is 46.0 Å². The number of hydrogen-bond acceptors (Lipinski definition) is 3. The van der Waals surface area contributed by atoms with Gasteiger partial charge in [-0.3, -0.25) is 0 Å². The van der Waals surface area contributed by atoms with Crippen molar-refractivity contribution in [1.29, 1.82) is 0 Å². The monoisotopic (exact) mass is 245 g/mol. The molecule has 0 radical (unpaired) electrons. The van der Waals surface area contributed by atoms with Crippen LogP contribution in [0.3, 0.4) is 0 Å². The Morgan fingerprint density at radius 2 is 2.19 bits per heavy atom. The van der Waals surface area contributed by atoms with Gasteiger partial charge in [0.2, 0.25) is 0 Å². The van der Waals surface area contributed by atoms with E-state index in [1.807, 2.05) is 11.8 Å². The maximum absolute atomic E-state index is 9.02. The smallest absolute Gasteiger partial charge is 0.0464 e. The molecule has 4 unspecified atom stereocenters. The molecule has 16 heavy (non-hydrogen) atoms. The highest BCUT2D eigenvalue weighted by atomic mass is 32.2. The Hall–Kier alpha value is 0.270. The van der Waals surface area contributed by atoms with Crippen molar-refractivity contribution >= 4 is 11.8 Å².